The quantitative estimate of drug-likeness (QED) is 0.323. The van der Waals surface area contributed by atoms with Crippen LogP contribution in [0, 0.1) is 0 Å². The number of oxazole rings is 1. The highest BCUT2D eigenvalue weighted by Gasteiger charge is 2.19. The average molecular weight is 501 g/mol. The molecule has 8 heteroatoms. The highest BCUT2D eigenvalue weighted by molar-refractivity contribution is 14.0. The number of nitrogens with one attached hydrogen (secondary N) is 2. The number of hydrogen-bond acceptors (Lipinski definition) is 5. The SMILES string of the molecule is CCCOc1ncccc1CN=C(NCC)NCc1ncc(C(C)(C)C)o1.I. The van der Waals surface area contributed by atoms with Crippen molar-refractivity contribution in [1.29, 1.82) is 0 Å². The lowest BCUT2D eigenvalue weighted by Gasteiger charge is -2.13. The summed E-state index contributed by atoms with van der Waals surface area (Å²) in [4.78, 5) is 13.3. The van der Waals surface area contributed by atoms with E-state index in [1.165, 1.54) is 0 Å². The van der Waals surface area contributed by atoms with Crippen LogP contribution >= 0.6 is 24.0 Å². The summed E-state index contributed by atoms with van der Waals surface area (Å²) in [5, 5.41) is 6.49. The van der Waals surface area contributed by atoms with Gasteiger partial charge in [-0.15, -0.1) is 24.0 Å². The molecule has 2 N–H and O–H groups in total. The van der Waals surface area contributed by atoms with Gasteiger partial charge in [-0.05, 0) is 19.4 Å². The molecule has 0 aliphatic heterocycles. The van der Waals surface area contributed by atoms with Crippen molar-refractivity contribution < 1.29 is 9.15 Å². The third-order valence-electron chi connectivity index (χ3n) is 3.74. The maximum Gasteiger partial charge on any atom is 0.218 e. The van der Waals surface area contributed by atoms with Gasteiger partial charge in [0.2, 0.25) is 11.8 Å². The Labute approximate surface area is 184 Å². The van der Waals surface area contributed by atoms with Crippen LogP contribution < -0.4 is 15.4 Å². The summed E-state index contributed by atoms with van der Waals surface area (Å²) >= 11 is 0. The summed E-state index contributed by atoms with van der Waals surface area (Å²) in [7, 11) is 0. The van der Waals surface area contributed by atoms with Gasteiger partial charge in [-0.25, -0.2) is 15.0 Å². The van der Waals surface area contributed by atoms with Crippen LogP contribution in [0.15, 0.2) is 33.9 Å². The van der Waals surface area contributed by atoms with E-state index < -0.39 is 0 Å². The van der Waals surface area contributed by atoms with E-state index in [4.69, 9.17) is 9.15 Å². The van der Waals surface area contributed by atoms with Gasteiger partial charge in [0.15, 0.2) is 5.96 Å². The Morgan fingerprint density at radius 1 is 1.21 bits per heavy atom. The smallest absolute Gasteiger partial charge is 0.218 e. The lowest BCUT2D eigenvalue weighted by molar-refractivity contribution is 0.302. The molecular weight excluding hydrogens is 469 g/mol. The second-order valence-electron chi connectivity index (χ2n) is 7.23. The number of ether oxygens (including phenoxy) is 1. The van der Waals surface area contributed by atoms with E-state index in [1.54, 1.807) is 12.4 Å². The summed E-state index contributed by atoms with van der Waals surface area (Å²) in [6.07, 6.45) is 4.46. The number of guanidine groups is 1. The topological polar surface area (TPSA) is 84.6 Å². The van der Waals surface area contributed by atoms with Crippen LogP contribution in [0.2, 0.25) is 0 Å². The first-order valence-electron chi connectivity index (χ1n) is 9.48. The number of halogens is 1. The van der Waals surface area contributed by atoms with Gasteiger partial charge < -0.3 is 19.8 Å². The highest BCUT2D eigenvalue weighted by atomic mass is 127. The zero-order valence-electron chi connectivity index (χ0n) is 17.4. The molecule has 0 unspecified atom stereocenters. The van der Waals surface area contributed by atoms with Crippen LogP contribution in [-0.2, 0) is 18.5 Å². The molecule has 0 aliphatic carbocycles. The molecule has 28 heavy (non-hydrogen) atoms. The van der Waals surface area contributed by atoms with Crippen molar-refractivity contribution in [3.05, 3.63) is 41.7 Å². The molecule has 0 aromatic carbocycles. The largest absolute Gasteiger partial charge is 0.477 e. The van der Waals surface area contributed by atoms with Crippen LogP contribution in [0.5, 0.6) is 5.88 Å². The molecule has 2 rings (SSSR count). The minimum absolute atomic E-state index is 0. The Hall–Kier alpha value is -1.84. The first kappa shape index (κ1) is 24.2. The van der Waals surface area contributed by atoms with Gasteiger partial charge in [0.1, 0.15) is 5.76 Å². The number of hydrogen-bond donors (Lipinski definition) is 2. The van der Waals surface area contributed by atoms with Crippen LogP contribution in [0.25, 0.3) is 0 Å². The van der Waals surface area contributed by atoms with Crippen molar-refractivity contribution in [3.63, 3.8) is 0 Å². The fourth-order valence-corrected chi connectivity index (χ4v) is 2.28. The number of nitrogens with zero attached hydrogens (tertiary/aromatic N) is 3. The van der Waals surface area contributed by atoms with Crippen LogP contribution in [0.1, 0.15) is 58.3 Å². The minimum atomic E-state index is -0.0565. The normalized spacial score (nSPS) is 11.7. The van der Waals surface area contributed by atoms with Gasteiger partial charge >= 0.3 is 0 Å². The van der Waals surface area contributed by atoms with Crippen molar-refractivity contribution >= 4 is 29.9 Å². The molecule has 2 aromatic heterocycles. The maximum atomic E-state index is 5.82. The van der Waals surface area contributed by atoms with Gasteiger partial charge in [-0.1, -0.05) is 33.8 Å². The predicted molar refractivity (Wildman–Crippen MR) is 122 cm³/mol. The van der Waals surface area contributed by atoms with Crippen LogP contribution in [-0.4, -0.2) is 29.1 Å². The zero-order valence-corrected chi connectivity index (χ0v) is 19.7. The van der Waals surface area contributed by atoms with Crippen LogP contribution in [0.3, 0.4) is 0 Å². The van der Waals surface area contributed by atoms with Gasteiger partial charge in [0.25, 0.3) is 0 Å². The van der Waals surface area contributed by atoms with Crippen molar-refractivity contribution in [2.24, 2.45) is 4.99 Å². The summed E-state index contributed by atoms with van der Waals surface area (Å²) in [5.74, 6) is 2.84. The molecule has 0 bridgehead atoms. The van der Waals surface area contributed by atoms with E-state index in [0.29, 0.717) is 37.4 Å². The molecular formula is C20H32IN5O2. The molecule has 2 aromatic rings. The first-order chi connectivity index (χ1) is 12.9. The van der Waals surface area contributed by atoms with Gasteiger partial charge in [0.05, 0.1) is 25.9 Å². The minimum Gasteiger partial charge on any atom is -0.477 e. The number of aliphatic imine (C=N–C) groups is 1. The van der Waals surface area contributed by atoms with E-state index in [-0.39, 0.29) is 29.4 Å². The molecule has 0 saturated heterocycles. The molecule has 0 fully saturated rings. The maximum absolute atomic E-state index is 5.82. The Balaban J connectivity index is 0.00000392. The second-order valence-corrected chi connectivity index (χ2v) is 7.23. The monoisotopic (exact) mass is 501 g/mol. The Morgan fingerprint density at radius 3 is 2.64 bits per heavy atom. The molecule has 0 spiro atoms. The zero-order chi connectivity index (χ0) is 19.7. The summed E-state index contributed by atoms with van der Waals surface area (Å²) in [5.41, 5.74) is 0.897. The van der Waals surface area contributed by atoms with Gasteiger partial charge in [0, 0.05) is 23.7 Å². The summed E-state index contributed by atoms with van der Waals surface area (Å²) < 4.78 is 11.5. The van der Waals surface area contributed by atoms with Crippen molar-refractivity contribution in [3.8, 4) is 5.88 Å². The first-order valence-corrected chi connectivity index (χ1v) is 9.48. The number of aromatic nitrogens is 2. The lowest BCUT2D eigenvalue weighted by atomic mass is 9.94. The Morgan fingerprint density at radius 2 is 2.00 bits per heavy atom. The van der Waals surface area contributed by atoms with Gasteiger partial charge in [-0.2, -0.15) is 0 Å². The number of pyridine rings is 1. The van der Waals surface area contributed by atoms with Crippen molar-refractivity contribution in [2.75, 3.05) is 13.2 Å². The summed E-state index contributed by atoms with van der Waals surface area (Å²) in [6.45, 7) is 12.7. The fourth-order valence-electron chi connectivity index (χ4n) is 2.28. The van der Waals surface area contributed by atoms with Gasteiger partial charge in [-0.3, -0.25) is 0 Å². The Bertz CT molecular complexity index is 740. The molecule has 7 nitrogen and oxygen atoms in total. The van der Waals surface area contributed by atoms with E-state index in [1.807, 2.05) is 19.1 Å². The molecule has 0 atom stereocenters. The van der Waals surface area contributed by atoms with Crippen molar-refractivity contribution in [1.82, 2.24) is 20.6 Å². The molecule has 0 saturated carbocycles. The number of rotatable bonds is 8. The summed E-state index contributed by atoms with van der Waals surface area (Å²) in [6, 6.07) is 3.87. The molecule has 2 heterocycles. The third kappa shape index (κ3) is 7.65. The highest BCUT2D eigenvalue weighted by Crippen LogP contribution is 2.22. The average Bonchev–Trinajstić information content (AvgIpc) is 3.12. The van der Waals surface area contributed by atoms with E-state index >= 15 is 0 Å². The van der Waals surface area contributed by atoms with E-state index in [9.17, 15) is 0 Å². The second kappa shape index (κ2) is 11.9. The fraction of sp³-hybridized carbons (Fsp3) is 0.550. The van der Waals surface area contributed by atoms with Crippen molar-refractivity contribution in [2.45, 2.75) is 59.5 Å². The lowest BCUT2D eigenvalue weighted by Crippen LogP contribution is -2.36. The standard InChI is InChI=1S/C20H31N5O2.HI/c1-6-11-26-18-15(9-8-10-22-18)12-24-19(21-7-2)25-14-17-23-13-16(27-17)20(3,4)5;/h8-10,13H,6-7,11-12,14H2,1-5H3,(H2,21,24,25);1H. The molecule has 0 amide bonds. The van der Waals surface area contributed by atoms with Crippen LogP contribution in [0.4, 0.5) is 0 Å². The predicted octanol–water partition coefficient (Wildman–Crippen LogP) is 4.03. The molecule has 0 aliphatic rings. The Kier molecular flexibility index (Phi) is 10.3. The van der Waals surface area contributed by atoms with E-state index in [0.717, 1.165) is 24.3 Å². The molecule has 0 radical (unpaired) electrons. The van der Waals surface area contributed by atoms with E-state index in [2.05, 4.69) is 53.3 Å². The molecule has 156 valence electrons. The third-order valence-corrected chi connectivity index (χ3v) is 3.74.